The molecule has 44 heavy (non-hydrogen) atoms. The molecule has 0 atom stereocenters. The van der Waals surface area contributed by atoms with Crippen LogP contribution in [0.1, 0.15) is 33.6 Å². The maximum absolute atomic E-state index is 14.5. The fourth-order valence-electron chi connectivity index (χ4n) is 4.27. The predicted octanol–water partition coefficient (Wildman–Crippen LogP) is 8.06. The molecule has 4 aromatic rings. The largest absolute Gasteiger partial charge is 0.481 e. The van der Waals surface area contributed by atoms with Gasteiger partial charge in [-0.15, -0.1) is 0 Å². The zero-order valence-corrected chi connectivity index (χ0v) is 23.0. The van der Waals surface area contributed by atoms with E-state index < -0.39 is 46.7 Å². The number of pyridine rings is 1. The van der Waals surface area contributed by atoms with Crippen LogP contribution in [0.5, 0.6) is 0 Å². The van der Waals surface area contributed by atoms with E-state index in [0.717, 1.165) is 42.6 Å². The Morgan fingerprint density at radius 2 is 1.57 bits per heavy atom. The van der Waals surface area contributed by atoms with E-state index >= 15 is 0 Å². The lowest BCUT2D eigenvalue weighted by Gasteiger charge is -2.18. The minimum Gasteiger partial charge on any atom is -0.481 e. The molecule has 4 rings (SSSR count). The molecule has 230 valence electrons. The summed E-state index contributed by atoms with van der Waals surface area (Å²) in [5.41, 5.74) is -2.52. The molecule has 0 spiro atoms. The summed E-state index contributed by atoms with van der Waals surface area (Å²) in [6.45, 7) is -0.371. The first-order valence-electron chi connectivity index (χ1n) is 12.7. The van der Waals surface area contributed by atoms with Crippen molar-refractivity contribution in [2.24, 2.45) is 0 Å². The fourth-order valence-corrected chi connectivity index (χ4v) is 4.42. The lowest BCUT2D eigenvalue weighted by atomic mass is 9.96. The number of carbonyl (C=O) groups excluding carboxylic acids is 1. The summed E-state index contributed by atoms with van der Waals surface area (Å²) in [6.07, 6.45) is -8.74. The number of nitrogens with zero attached hydrogens (tertiary/aromatic N) is 1. The van der Waals surface area contributed by atoms with Gasteiger partial charge in [0, 0.05) is 41.1 Å². The monoisotopic (exact) mass is 639 g/mol. The number of aromatic nitrogens is 1. The molecule has 0 unspecified atom stereocenters. The van der Waals surface area contributed by atoms with Crippen molar-refractivity contribution in [3.8, 4) is 22.3 Å². The number of rotatable bonds is 9. The minimum atomic E-state index is -4.87. The second-order valence-electron chi connectivity index (χ2n) is 9.44. The van der Waals surface area contributed by atoms with Crippen molar-refractivity contribution < 1.29 is 45.4 Å². The van der Waals surface area contributed by atoms with Crippen LogP contribution in [0, 0.1) is 5.82 Å². The average Bonchev–Trinajstić information content (AvgIpc) is 2.95. The number of hydrogen-bond donors (Lipinski definition) is 3. The summed E-state index contributed by atoms with van der Waals surface area (Å²) in [7, 11) is 0. The van der Waals surface area contributed by atoms with Crippen LogP contribution in [0.4, 0.5) is 36.4 Å². The van der Waals surface area contributed by atoms with Gasteiger partial charge in [-0.1, -0.05) is 29.8 Å². The number of anilines is 1. The Morgan fingerprint density at radius 3 is 2.18 bits per heavy atom. The zero-order valence-electron chi connectivity index (χ0n) is 22.3. The van der Waals surface area contributed by atoms with E-state index in [0.29, 0.717) is 0 Å². The molecule has 3 N–H and O–H groups in total. The van der Waals surface area contributed by atoms with E-state index in [1.165, 1.54) is 30.3 Å². The van der Waals surface area contributed by atoms with Crippen LogP contribution in [-0.4, -0.2) is 28.5 Å². The highest BCUT2D eigenvalue weighted by molar-refractivity contribution is 6.30. The van der Waals surface area contributed by atoms with Crippen LogP contribution in [0.25, 0.3) is 22.3 Å². The molecule has 0 bridgehead atoms. The molecule has 0 saturated heterocycles. The molecule has 6 nitrogen and oxygen atoms in total. The van der Waals surface area contributed by atoms with Crippen LogP contribution >= 0.6 is 11.6 Å². The van der Waals surface area contributed by atoms with Gasteiger partial charge in [0.1, 0.15) is 11.5 Å². The summed E-state index contributed by atoms with van der Waals surface area (Å²) in [4.78, 5) is 26.8. The molecule has 14 heteroatoms. The zero-order chi connectivity index (χ0) is 32.2. The highest BCUT2D eigenvalue weighted by Gasteiger charge is 2.35. The van der Waals surface area contributed by atoms with Crippen molar-refractivity contribution in [1.29, 1.82) is 0 Å². The number of benzene rings is 3. The number of carboxylic acid groups (broad SMARTS) is 1. The topological polar surface area (TPSA) is 91.3 Å². The Bertz CT molecular complexity index is 1690. The Kier molecular flexibility index (Phi) is 9.47. The van der Waals surface area contributed by atoms with Gasteiger partial charge in [-0.3, -0.25) is 14.6 Å². The smallest absolute Gasteiger partial charge is 0.417 e. The van der Waals surface area contributed by atoms with Gasteiger partial charge in [-0.25, -0.2) is 4.39 Å². The van der Waals surface area contributed by atoms with E-state index in [4.69, 9.17) is 16.7 Å². The minimum absolute atomic E-state index is 0.00860. The number of nitrogens with one attached hydrogen (secondary N) is 2. The van der Waals surface area contributed by atoms with Gasteiger partial charge in [-0.05, 0) is 65.2 Å². The summed E-state index contributed by atoms with van der Waals surface area (Å²) in [5.74, 6) is -2.76. The molecule has 0 aliphatic carbocycles. The van der Waals surface area contributed by atoms with Gasteiger partial charge < -0.3 is 15.7 Å². The lowest BCUT2D eigenvalue weighted by molar-refractivity contribution is -0.138. The number of aliphatic carboxylic acids is 1. The number of halogens is 8. The number of alkyl halides is 6. The van der Waals surface area contributed by atoms with Crippen molar-refractivity contribution in [2.75, 3.05) is 11.9 Å². The van der Waals surface area contributed by atoms with Gasteiger partial charge in [-0.2, -0.15) is 26.3 Å². The molecule has 3 aromatic carbocycles. The summed E-state index contributed by atoms with van der Waals surface area (Å²) < 4.78 is 97.0. The van der Waals surface area contributed by atoms with Crippen molar-refractivity contribution in [1.82, 2.24) is 10.3 Å². The maximum atomic E-state index is 14.5. The van der Waals surface area contributed by atoms with Crippen molar-refractivity contribution in [3.63, 3.8) is 0 Å². The van der Waals surface area contributed by atoms with Crippen LogP contribution < -0.4 is 10.6 Å². The molecular weight excluding hydrogens is 619 g/mol. The third kappa shape index (κ3) is 7.84. The van der Waals surface area contributed by atoms with Gasteiger partial charge in [0.25, 0.3) is 5.91 Å². The van der Waals surface area contributed by atoms with E-state index in [2.05, 4.69) is 15.6 Å². The first-order valence-corrected chi connectivity index (χ1v) is 13.1. The number of carboxylic acids is 1. The maximum Gasteiger partial charge on any atom is 0.417 e. The van der Waals surface area contributed by atoms with Gasteiger partial charge >= 0.3 is 18.3 Å². The summed E-state index contributed by atoms with van der Waals surface area (Å²) in [6, 6.07) is 11.8. The third-order valence-corrected chi connectivity index (χ3v) is 6.63. The standard InChI is InChI=1S/C30H21ClF7N3O3/c31-19-4-6-22(25(32)12-19)21-7-5-20(13-24(21)30(36,37)38)40-14-16-1-3-18(29(33,34)35)11-23(16)17-2-8-26(41-15-17)28(44)39-10-9-27(42)43/h1-8,11-13,15,40H,9-10,14H2,(H,39,44)(H,42,43). The quantitative estimate of drug-likeness (QED) is 0.161. The SMILES string of the molecule is O=C(O)CCNC(=O)c1ccc(-c2cc(C(F)(F)F)ccc2CNc2ccc(-c3ccc(Cl)cc3F)c(C(F)(F)F)c2)cn1. The average molecular weight is 640 g/mol. The van der Waals surface area contributed by atoms with Crippen LogP contribution in [0.3, 0.4) is 0 Å². The first-order chi connectivity index (χ1) is 20.6. The Hall–Kier alpha value is -4.65. The molecule has 0 aliphatic heterocycles. The summed E-state index contributed by atoms with van der Waals surface area (Å²) in [5, 5.41) is 13.8. The Morgan fingerprint density at radius 1 is 0.841 bits per heavy atom. The lowest BCUT2D eigenvalue weighted by Crippen LogP contribution is -2.26. The molecule has 0 aliphatic rings. The fraction of sp³-hybridized carbons (Fsp3) is 0.167. The first kappa shape index (κ1) is 32.3. The highest BCUT2D eigenvalue weighted by atomic mass is 35.5. The van der Waals surface area contributed by atoms with E-state index in [-0.39, 0.29) is 58.2 Å². The Balaban J connectivity index is 1.64. The highest BCUT2D eigenvalue weighted by Crippen LogP contribution is 2.40. The number of hydrogen-bond acceptors (Lipinski definition) is 4. The van der Waals surface area contributed by atoms with Gasteiger partial charge in [0.05, 0.1) is 17.5 Å². The van der Waals surface area contributed by atoms with E-state index in [1.807, 2.05) is 0 Å². The normalized spacial score (nSPS) is 11.7. The Labute approximate surface area is 250 Å². The molecular formula is C30H21ClF7N3O3. The molecule has 0 fully saturated rings. The van der Waals surface area contributed by atoms with E-state index in [1.54, 1.807) is 0 Å². The third-order valence-electron chi connectivity index (χ3n) is 6.40. The number of amides is 1. The van der Waals surface area contributed by atoms with Gasteiger partial charge in [0.2, 0.25) is 0 Å². The second-order valence-corrected chi connectivity index (χ2v) is 9.87. The van der Waals surface area contributed by atoms with Crippen molar-refractivity contribution >= 4 is 29.2 Å². The van der Waals surface area contributed by atoms with Crippen molar-refractivity contribution in [2.45, 2.75) is 25.3 Å². The van der Waals surface area contributed by atoms with Crippen LogP contribution in [0.15, 0.2) is 72.9 Å². The van der Waals surface area contributed by atoms with Crippen LogP contribution in [-0.2, 0) is 23.7 Å². The molecule has 1 aromatic heterocycles. The molecule has 1 amide bonds. The van der Waals surface area contributed by atoms with Gasteiger partial charge in [0.15, 0.2) is 0 Å². The molecule has 1 heterocycles. The summed E-state index contributed by atoms with van der Waals surface area (Å²) >= 11 is 5.73. The van der Waals surface area contributed by atoms with Crippen molar-refractivity contribution in [3.05, 3.63) is 106 Å². The van der Waals surface area contributed by atoms with Crippen LogP contribution in [0.2, 0.25) is 5.02 Å². The molecule has 0 saturated carbocycles. The predicted molar refractivity (Wildman–Crippen MR) is 148 cm³/mol. The second kappa shape index (κ2) is 12.9. The van der Waals surface area contributed by atoms with E-state index in [9.17, 15) is 40.3 Å². The molecule has 0 radical (unpaired) electrons. The number of carbonyl (C=O) groups is 2.